The van der Waals surface area contributed by atoms with Crippen LogP contribution in [-0.4, -0.2) is 56.9 Å². The molecule has 0 aromatic rings. The van der Waals surface area contributed by atoms with Crippen molar-refractivity contribution in [3.63, 3.8) is 0 Å². The van der Waals surface area contributed by atoms with Crippen molar-refractivity contribution in [3.05, 3.63) is 0 Å². The van der Waals surface area contributed by atoms with Gasteiger partial charge in [0.25, 0.3) is 0 Å². The van der Waals surface area contributed by atoms with Gasteiger partial charge in [-0.15, -0.1) is 0 Å². The molecule has 4 atom stereocenters. The van der Waals surface area contributed by atoms with Gasteiger partial charge in [-0.05, 0) is 12.8 Å². The van der Waals surface area contributed by atoms with Crippen molar-refractivity contribution in [2.45, 2.75) is 113 Å². The molecule has 10 nitrogen and oxygen atoms in total. The van der Waals surface area contributed by atoms with Gasteiger partial charge in [0.15, 0.2) is 0 Å². The highest BCUT2D eigenvalue weighted by molar-refractivity contribution is 7.67. The second-order valence-corrected chi connectivity index (χ2v) is 13.1. The average Bonchev–Trinajstić information content (AvgIpc) is 3.60. The average molecular weight is 549 g/mol. The molecule has 0 fully saturated rings. The van der Waals surface area contributed by atoms with Gasteiger partial charge in [0, 0.05) is 0 Å². The van der Waals surface area contributed by atoms with Crippen LogP contribution in [0.2, 0.25) is 0 Å². The Morgan fingerprint density at radius 1 is 0.583 bits per heavy atom. The van der Waals surface area contributed by atoms with E-state index in [0.717, 1.165) is 38.5 Å². The molecule has 0 spiro atoms. The number of carboxylic acids is 2. The smallest absolute Gasteiger partial charge is 0.382 e. The molecule has 2 aliphatic heterocycles. The Labute approximate surface area is 215 Å². The van der Waals surface area contributed by atoms with Crippen molar-refractivity contribution in [2.75, 3.05) is 13.2 Å². The summed E-state index contributed by atoms with van der Waals surface area (Å²) < 4.78 is 10.6. The lowest BCUT2D eigenvalue weighted by molar-refractivity contribution is -0.157. The summed E-state index contributed by atoms with van der Waals surface area (Å²) >= 11 is 0. The third-order valence-electron chi connectivity index (χ3n) is 6.73. The highest BCUT2D eigenvalue weighted by Crippen LogP contribution is 2.50. The van der Waals surface area contributed by atoms with Crippen LogP contribution >= 0.6 is 15.5 Å². The maximum atomic E-state index is 11.5. The molecule has 36 heavy (non-hydrogen) atoms. The SMILES string of the molecule is NC1(C(=O)O)C(OCCCCCCCCCCCCCCCCCCOC2=[P+]([O-])C2(N)C(=O)O)=[P+]1[O-]. The second kappa shape index (κ2) is 15.5. The van der Waals surface area contributed by atoms with Gasteiger partial charge >= 0.3 is 33.5 Å². The van der Waals surface area contributed by atoms with Crippen LogP contribution in [0.4, 0.5) is 0 Å². The first-order chi connectivity index (χ1) is 17.2. The van der Waals surface area contributed by atoms with E-state index in [9.17, 15) is 19.4 Å². The van der Waals surface area contributed by atoms with Gasteiger partial charge in [-0.25, -0.2) is 9.59 Å². The summed E-state index contributed by atoms with van der Waals surface area (Å²) in [6, 6.07) is 0. The summed E-state index contributed by atoms with van der Waals surface area (Å²) in [5, 5.41) is 14.3. The van der Waals surface area contributed by atoms with Gasteiger partial charge < -0.3 is 29.5 Å². The largest absolute Gasteiger partial charge is 0.626 e. The number of ether oxygens (including phenoxy) is 2. The number of carbonyl (C=O) groups is 2. The minimum Gasteiger partial charge on any atom is -0.626 e. The number of carboxylic acid groups (broad SMARTS) is 2. The Morgan fingerprint density at radius 3 is 1.00 bits per heavy atom. The first-order valence-electron chi connectivity index (χ1n) is 13.2. The van der Waals surface area contributed by atoms with Crippen molar-refractivity contribution in [3.8, 4) is 0 Å². The first-order valence-corrected chi connectivity index (χ1v) is 15.7. The number of hydrogen-bond acceptors (Lipinski definition) is 8. The first kappa shape index (κ1) is 31.3. The van der Waals surface area contributed by atoms with E-state index in [-0.39, 0.29) is 11.0 Å². The highest BCUT2D eigenvalue weighted by Gasteiger charge is 2.69. The zero-order chi connectivity index (χ0) is 26.6. The molecule has 2 rings (SSSR count). The summed E-state index contributed by atoms with van der Waals surface area (Å²) in [6.07, 6.45) is 18.4. The molecule has 0 aromatic heterocycles. The van der Waals surface area contributed by atoms with Gasteiger partial charge in [-0.2, -0.15) is 0 Å². The number of rotatable bonds is 23. The Hall–Kier alpha value is -0.960. The molecular weight excluding hydrogens is 506 g/mol. The van der Waals surface area contributed by atoms with Crippen LogP contribution in [0.3, 0.4) is 0 Å². The van der Waals surface area contributed by atoms with E-state index in [4.69, 9.17) is 31.2 Å². The van der Waals surface area contributed by atoms with Gasteiger partial charge in [0.05, 0.1) is 13.2 Å². The van der Waals surface area contributed by atoms with Gasteiger partial charge in [-0.3, -0.25) is 11.5 Å². The molecule has 0 aliphatic carbocycles. The lowest BCUT2D eigenvalue weighted by Gasteiger charge is -2.04. The van der Waals surface area contributed by atoms with E-state index in [1.807, 2.05) is 0 Å². The summed E-state index contributed by atoms with van der Waals surface area (Å²) in [5.41, 5.74) is 11.1. The number of hydrogen-bond donors (Lipinski definition) is 4. The van der Waals surface area contributed by atoms with Crippen molar-refractivity contribution in [1.82, 2.24) is 0 Å². The number of aliphatic carboxylic acids is 2. The van der Waals surface area contributed by atoms with E-state index < -0.39 is 38.0 Å². The van der Waals surface area contributed by atoms with E-state index >= 15 is 0 Å². The predicted octanol–water partition coefficient (Wildman–Crippen LogP) is 2.54. The molecule has 206 valence electrons. The Balaban J connectivity index is 1.24. The molecule has 0 bridgehead atoms. The quantitative estimate of drug-likeness (QED) is 0.109. The molecule has 12 heteroatoms. The van der Waals surface area contributed by atoms with Crippen LogP contribution in [0.5, 0.6) is 0 Å². The van der Waals surface area contributed by atoms with Crippen molar-refractivity contribution in [1.29, 1.82) is 0 Å². The lowest BCUT2D eigenvalue weighted by Crippen LogP contribution is -2.40. The van der Waals surface area contributed by atoms with E-state index in [1.165, 1.54) is 64.2 Å². The van der Waals surface area contributed by atoms with Crippen LogP contribution < -0.4 is 21.3 Å². The van der Waals surface area contributed by atoms with Crippen molar-refractivity contribution >= 4 is 38.4 Å². The maximum Gasteiger partial charge on any atom is 0.382 e. The summed E-state index contributed by atoms with van der Waals surface area (Å²) in [5.74, 6) is -2.57. The zero-order valence-electron chi connectivity index (χ0n) is 21.1. The standard InChI is InChI=1S/C24H42N2O8P2/c25-23(19(27)28)21(35(23)31)33-17-15-13-11-9-7-5-3-1-2-4-6-8-10-12-14-16-18-34-22-24(26,20(29)30)36(22)32/h1-18,25-26H2,(H,27,28)(H,29,30). The molecule has 0 amide bonds. The summed E-state index contributed by atoms with van der Waals surface area (Å²) in [6.45, 7) is 0.758. The molecule has 2 aliphatic rings. The molecule has 0 saturated carbocycles. The van der Waals surface area contributed by atoms with Crippen LogP contribution in [0, 0.1) is 0 Å². The van der Waals surface area contributed by atoms with E-state index in [0.29, 0.717) is 13.2 Å². The van der Waals surface area contributed by atoms with Crippen LogP contribution in [-0.2, 0) is 19.1 Å². The Bertz CT molecular complexity index is 756. The Kier molecular flexibility index (Phi) is 13.4. The van der Waals surface area contributed by atoms with Crippen molar-refractivity contribution < 1.29 is 39.1 Å². The summed E-state index contributed by atoms with van der Waals surface area (Å²) in [7, 11) is -4.15. The molecular formula is C24H42N2O8P2. The van der Waals surface area contributed by atoms with Gasteiger partial charge in [-0.1, -0.05) is 89.9 Å². The third kappa shape index (κ3) is 8.81. The fourth-order valence-electron chi connectivity index (χ4n) is 4.15. The number of nitrogens with two attached hydrogens (primary N) is 2. The molecule has 4 unspecified atom stereocenters. The number of unbranched alkanes of at least 4 members (excludes halogenated alkanes) is 15. The Morgan fingerprint density at radius 2 is 0.806 bits per heavy atom. The molecule has 6 N–H and O–H groups in total. The zero-order valence-corrected chi connectivity index (χ0v) is 22.9. The topological polar surface area (TPSA) is 191 Å². The minimum atomic E-state index is -2.08. The van der Waals surface area contributed by atoms with E-state index in [2.05, 4.69) is 0 Å². The lowest BCUT2D eigenvalue weighted by atomic mass is 10.0. The van der Waals surface area contributed by atoms with E-state index in [1.54, 1.807) is 0 Å². The fourth-order valence-corrected chi connectivity index (χ4v) is 6.36. The van der Waals surface area contributed by atoms with Gasteiger partial charge in [0.2, 0.25) is 0 Å². The van der Waals surface area contributed by atoms with Crippen LogP contribution in [0.1, 0.15) is 103 Å². The van der Waals surface area contributed by atoms with Crippen molar-refractivity contribution in [2.24, 2.45) is 11.5 Å². The highest BCUT2D eigenvalue weighted by atomic mass is 31.1. The van der Waals surface area contributed by atoms with Gasteiger partial charge in [0.1, 0.15) is 15.5 Å². The normalized spacial score (nSPS) is 24.9. The molecule has 0 radical (unpaired) electrons. The molecule has 2 heterocycles. The second-order valence-electron chi connectivity index (χ2n) is 9.70. The van der Waals surface area contributed by atoms with Crippen LogP contribution in [0.25, 0.3) is 0 Å². The monoisotopic (exact) mass is 548 g/mol. The maximum absolute atomic E-state index is 11.5. The summed E-state index contributed by atoms with van der Waals surface area (Å²) in [4.78, 5) is 44.9. The third-order valence-corrected chi connectivity index (χ3v) is 10.1. The molecule has 0 aromatic carbocycles. The van der Waals surface area contributed by atoms with Crippen LogP contribution in [0.15, 0.2) is 0 Å². The minimum absolute atomic E-state index is 0.0313. The molecule has 0 saturated heterocycles. The predicted molar refractivity (Wildman–Crippen MR) is 139 cm³/mol. The fraction of sp³-hybridized carbons (Fsp3) is 0.833.